The summed E-state index contributed by atoms with van der Waals surface area (Å²) in [6.07, 6.45) is 4.64. The molecule has 2 aromatic heterocycles. The van der Waals surface area contributed by atoms with Crippen LogP contribution in [0.3, 0.4) is 0 Å². The molecule has 0 aliphatic heterocycles. The van der Waals surface area contributed by atoms with Gasteiger partial charge >= 0.3 is 5.97 Å². The summed E-state index contributed by atoms with van der Waals surface area (Å²) in [4.78, 5) is 22.9. The maximum Gasteiger partial charge on any atom is 0.303 e. The Labute approximate surface area is 139 Å². The zero-order valence-corrected chi connectivity index (χ0v) is 13.5. The first-order valence-corrected chi connectivity index (χ1v) is 7.95. The predicted octanol–water partition coefficient (Wildman–Crippen LogP) is 3.43. The van der Waals surface area contributed by atoms with Crippen molar-refractivity contribution >= 4 is 17.1 Å². The molecule has 0 radical (unpaired) electrons. The van der Waals surface area contributed by atoms with Crippen LogP contribution >= 0.6 is 0 Å². The maximum absolute atomic E-state index is 11.0. The molecule has 2 heterocycles. The lowest BCUT2D eigenvalue weighted by atomic mass is 10.0. The molecule has 0 fully saturated rings. The quantitative estimate of drug-likeness (QED) is 0.695. The van der Waals surface area contributed by atoms with Crippen molar-refractivity contribution < 1.29 is 14.6 Å². The first-order valence-electron chi connectivity index (χ1n) is 7.95. The standard InChI is InChI=1S/C18H19N3O3/c1-2-11-24-13-5-3-12(4-6-13)16-14(7-8-15(22)23)17-18(21-16)20-10-9-19-17/h3-6,9-10H,2,7-8,11H2,1H3,(H,20,21)(H,22,23). The van der Waals surface area contributed by atoms with Crippen LogP contribution in [0.15, 0.2) is 36.7 Å². The van der Waals surface area contributed by atoms with E-state index in [-0.39, 0.29) is 6.42 Å². The van der Waals surface area contributed by atoms with Gasteiger partial charge < -0.3 is 14.8 Å². The Morgan fingerprint density at radius 3 is 2.67 bits per heavy atom. The molecule has 0 aliphatic carbocycles. The molecule has 0 aliphatic rings. The van der Waals surface area contributed by atoms with Gasteiger partial charge in [0, 0.05) is 24.4 Å². The number of benzene rings is 1. The molecular formula is C18H19N3O3. The lowest BCUT2D eigenvalue weighted by Crippen LogP contribution is -1.99. The molecule has 6 heteroatoms. The first kappa shape index (κ1) is 16.0. The van der Waals surface area contributed by atoms with Gasteiger partial charge in [0.05, 0.1) is 12.3 Å². The van der Waals surface area contributed by atoms with Crippen LogP contribution in [0.25, 0.3) is 22.4 Å². The summed E-state index contributed by atoms with van der Waals surface area (Å²) in [5, 5.41) is 9.00. The van der Waals surface area contributed by atoms with Crippen molar-refractivity contribution in [3.05, 3.63) is 42.2 Å². The molecule has 0 unspecified atom stereocenters. The Bertz CT molecular complexity index is 840. The van der Waals surface area contributed by atoms with E-state index >= 15 is 0 Å². The minimum Gasteiger partial charge on any atom is -0.494 e. The van der Waals surface area contributed by atoms with Gasteiger partial charge in [-0.25, -0.2) is 4.98 Å². The van der Waals surface area contributed by atoms with Gasteiger partial charge in [0.25, 0.3) is 0 Å². The lowest BCUT2D eigenvalue weighted by molar-refractivity contribution is -0.136. The van der Waals surface area contributed by atoms with Crippen molar-refractivity contribution in [1.82, 2.24) is 15.0 Å². The van der Waals surface area contributed by atoms with Gasteiger partial charge in [-0.15, -0.1) is 0 Å². The number of H-pyrrole nitrogens is 1. The van der Waals surface area contributed by atoms with Gasteiger partial charge in [0.1, 0.15) is 11.3 Å². The van der Waals surface area contributed by atoms with E-state index in [2.05, 4.69) is 21.9 Å². The molecule has 2 N–H and O–H groups in total. The summed E-state index contributed by atoms with van der Waals surface area (Å²) in [6, 6.07) is 7.75. The first-order chi connectivity index (χ1) is 11.7. The van der Waals surface area contributed by atoms with Gasteiger partial charge in [-0.3, -0.25) is 9.78 Å². The highest BCUT2D eigenvalue weighted by atomic mass is 16.5. The molecular weight excluding hydrogens is 306 g/mol. The number of carboxylic acid groups (broad SMARTS) is 1. The molecule has 0 bridgehead atoms. The highest BCUT2D eigenvalue weighted by Gasteiger charge is 2.16. The Morgan fingerprint density at radius 1 is 1.21 bits per heavy atom. The van der Waals surface area contributed by atoms with Gasteiger partial charge in [-0.2, -0.15) is 0 Å². The number of nitrogens with one attached hydrogen (secondary N) is 1. The number of hydrogen-bond donors (Lipinski definition) is 2. The summed E-state index contributed by atoms with van der Waals surface area (Å²) in [5.41, 5.74) is 4.08. The van der Waals surface area contributed by atoms with Gasteiger partial charge in [-0.1, -0.05) is 6.92 Å². The number of aromatic nitrogens is 3. The number of aliphatic carboxylic acids is 1. The third kappa shape index (κ3) is 3.37. The van der Waals surface area contributed by atoms with Crippen molar-refractivity contribution in [1.29, 1.82) is 0 Å². The number of aryl methyl sites for hydroxylation is 1. The fourth-order valence-corrected chi connectivity index (χ4v) is 2.62. The van der Waals surface area contributed by atoms with Crippen LogP contribution in [0, 0.1) is 0 Å². The van der Waals surface area contributed by atoms with Crippen molar-refractivity contribution in [2.24, 2.45) is 0 Å². The number of nitrogens with zero attached hydrogens (tertiary/aromatic N) is 2. The van der Waals surface area contributed by atoms with E-state index in [1.807, 2.05) is 24.3 Å². The largest absolute Gasteiger partial charge is 0.494 e. The van der Waals surface area contributed by atoms with E-state index in [0.717, 1.165) is 34.5 Å². The third-order valence-corrected chi connectivity index (χ3v) is 3.73. The van der Waals surface area contributed by atoms with E-state index in [1.165, 1.54) is 0 Å². The molecule has 0 spiro atoms. The number of rotatable bonds is 7. The minimum atomic E-state index is -0.831. The molecule has 0 atom stereocenters. The normalized spacial score (nSPS) is 10.9. The van der Waals surface area contributed by atoms with E-state index in [1.54, 1.807) is 12.4 Å². The summed E-state index contributed by atoms with van der Waals surface area (Å²) < 4.78 is 5.60. The molecule has 24 heavy (non-hydrogen) atoms. The Morgan fingerprint density at radius 2 is 1.96 bits per heavy atom. The van der Waals surface area contributed by atoms with Crippen LogP contribution in [-0.4, -0.2) is 32.6 Å². The molecule has 3 rings (SSSR count). The zero-order chi connectivity index (χ0) is 16.9. The minimum absolute atomic E-state index is 0.0498. The average molecular weight is 325 g/mol. The summed E-state index contributed by atoms with van der Waals surface area (Å²) in [7, 11) is 0. The Balaban J connectivity index is 1.98. The second kappa shape index (κ2) is 7.12. The second-order valence-corrected chi connectivity index (χ2v) is 5.50. The summed E-state index contributed by atoms with van der Waals surface area (Å²) in [6.45, 7) is 2.75. The second-order valence-electron chi connectivity index (χ2n) is 5.50. The van der Waals surface area contributed by atoms with Crippen molar-refractivity contribution in [2.75, 3.05) is 6.61 Å². The zero-order valence-electron chi connectivity index (χ0n) is 13.5. The highest BCUT2D eigenvalue weighted by molar-refractivity contribution is 5.85. The predicted molar refractivity (Wildman–Crippen MR) is 91.1 cm³/mol. The number of fused-ring (bicyclic) bond motifs is 1. The molecule has 1 aromatic carbocycles. The highest BCUT2D eigenvalue weighted by Crippen LogP contribution is 2.30. The summed E-state index contributed by atoms with van der Waals surface area (Å²) >= 11 is 0. The fraction of sp³-hybridized carbons (Fsp3) is 0.278. The van der Waals surface area contributed by atoms with E-state index < -0.39 is 5.97 Å². The lowest BCUT2D eigenvalue weighted by Gasteiger charge is -2.07. The van der Waals surface area contributed by atoms with Crippen molar-refractivity contribution in [3.8, 4) is 17.0 Å². The number of ether oxygens (including phenoxy) is 1. The van der Waals surface area contributed by atoms with Crippen LogP contribution in [0.2, 0.25) is 0 Å². The Kier molecular flexibility index (Phi) is 4.74. The summed E-state index contributed by atoms with van der Waals surface area (Å²) in [5.74, 6) is -0.0115. The van der Waals surface area contributed by atoms with Gasteiger partial charge in [0.15, 0.2) is 5.65 Å². The van der Waals surface area contributed by atoms with Crippen LogP contribution in [0.5, 0.6) is 5.75 Å². The van der Waals surface area contributed by atoms with Crippen LogP contribution < -0.4 is 4.74 Å². The molecule has 0 saturated carbocycles. The fourth-order valence-electron chi connectivity index (χ4n) is 2.62. The molecule has 124 valence electrons. The van der Waals surface area contributed by atoms with Gasteiger partial charge in [0.2, 0.25) is 0 Å². The SMILES string of the molecule is CCCOc1ccc(-c2[nH]c3nccnc3c2CCC(=O)O)cc1. The molecule has 6 nitrogen and oxygen atoms in total. The number of hydrogen-bond acceptors (Lipinski definition) is 4. The van der Waals surface area contributed by atoms with Crippen LogP contribution in [0.1, 0.15) is 25.3 Å². The number of aromatic amines is 1. The topological polar surface area (TPSA) is 88.1 Å². The van der Waals surface area contributed by atoms with Crippen LogP contribution in [0.4, 0.5) is 0 Å². The van der Waals surface area contributed by atoms with Gasteiger partial charge in [-0.05, 0) is 42.7 Å². The van der Waals surface area contributed by atoms with E-state index in [9.17, 15) is 4.79 Å². The van der Waals surface area contributed by atoms with Crippen molar-refractivity contribution in [3.63, 3.8) is 0 Å². The molecule has 3 aromatic rings. The average Bonchev–Trinajstić information content (AvgIpc) is 2.97. The Hall–Kier alpha value is -2.89. The van der Waals surface area contributed by atoms with E-state index in [4.69, 9.17) is 9.84 Å². The number of carboxylic acids is 1. The smallest absolute Gasteiger partial charge is 0.303 e. The molecule has 0 amide bonds. The van der Waals surface area contributed by atoms with Crippen LogP contribution in [-0.2, 0) is 11.2 Å². The van der Waals surface area contributed by atoms with Crippen molar-refractivity contribution in [2.45, 2.75) is 26.2 Å². The molecule has 0 saturated heterocycles. The van der Waals surface area contributed by atoms with E-state index in [0.29, 0.717) is 18.7 Å². The number of carbonyl (C=O) groups is 1. The maximum atomic E-state index is 11.0. The monoisotopic (exact) mass is 325 g/mol. The third-order valence-electron chi connectivity index (χ3n) is 3.73.